The number of aliphatic hydroxyl groups is 1. The smallest absolute Gasteiger partial charge is 0.0923 e. The lowest BCUT2D eigenvalue weighted by molar-refractivity contribution is 0.107. The van der Waals surface area contributed by atoms with Crippen molar-refractivity contribution in [3.8, 4) is 0 Å². The van der Waals surface area contributed by atoms with E-state index in [1.165, 1.54) is 43.0 Å². The van der Waals surface area contributed by atoms with E-state index in [0.717, 1.165) is 24.1 Å². The summed E-state index contributed by atoms with van der Waals surface area (Å²) in [4.78, 5) is 2.53. The van der Waals surface area contributed by atoms with Crippen LogP contribution in [0.2, 0.25) is 0 Å². The zero-order chi connectivity index (χ0) is 14.2. The molecule has 2 aliphatic carbocycles. The zero-order valence-corrected chi connectivity index (χ0v) is 12.4. The van der Waals surface area contributed by atoms with Gasteiger partial charge in [0.2, 0.25) is 0 Å². The normalized spacial score (nSPS) is 20.1. The summed E-state index contributed by atoms with van der Waals surface area (Å²) in [5, 5.41) is 13.2. The van der Waals surface area contributed by atoms with E-state index >= 15 is 0 Å². The molecule has 2 fully saturated rings. The van der Waals surface area contributed by atoms with Gasteiger partial charge in [0.25, 0.3) is 0 Å². The van der Waals surface area contributed by atoms with Crippen LogP contribution < -0.4 is 0 Å². The van der Waals surface area contributed by atoms with Crippen LogP contribution in [0.25, 0.3) is 10.8 Å². The van der Waals surface area contributed by atoms with E-state index in [1.54, 1.807) is 0 Å². The Balaban J connectivity index is 1.55. The molecule has 21 heavy (non-hydrogen) atoms. The van der Waals surface area contributed by atoms with Gasteiger partial charge in [-0.05, 0) is 47.9 Å². The van der Waals surface area contributed by atoms with Crippen molar-refractivity contribution in [1.82, 2.24) is 4.90 Å². The number of rotatable bonds is 6. The molecule has 2 saturated carbocycles. The highest BCUT2D eigenvalue weighted by Crippen LogP contribution is 2.36. The van der Waals surface area contributed by atoms with E-state index in [4.69, 9.17) is 0 Å². The van der Waals surface area contributed by atoms with Gasteiger partial charge < -0.3 is 5.11 Å². The summed E-state index contributed by atoms with van der Waals surface area (Å²) in [6.07, 6.45) is 5.01. The predicted octanol–water partition coefficient (Wildman–Crippen LogP) is 3.75. The fourth-order valence-electron chi connectivity index (χ4n) is 3.31. The summed E-state index contributed by atoms with van der Waals surface area (Å²) < 4.78 is 0. The molecule has 110 valence electrons. The lowest BCUT2D eigenvalue weighted by Crippen LogP contribution is -2.32. The first-order valence-electron chi connectivity index (χ1n) is 8.21. The summed E-state index contributed by atoms with van der Waals surface area (Å²) in [5.41, 5.74) is 1.08. The molecule has 2 heteroatoms. The molecule has 0 heterocycles. The van der Waals surface area contributed by atoms with Gasteiger partial charge in [-0.3, -0.25) is 4.90 Å². The quantitative estimate of drug-likeness (QED) is 0.871. The van der Waals surface area contributed by atoms with Crippen molar-refractivity contribution in [2.45, 2.75) is 37.8 Å². The summed E-state index contributed by atoms with van der Waals surface area (Å²) in [5.74, 6) is 0.894. The predicted molar refractivity (Wildman–Crippen MR) is 86.2 cm³/mol. The third-order valence-corrected chi connectivity index (χ3v) is 4.84. The van der Waals surface area contributed by atoms with Gasteiger partial charge >= 0.3 is 0 Å². The lowest BCUT2D eigenvalue weighted by Gasteiger charge is -2.25. The second-order valence-electron chi connectivity index (χ2n) is 6.71. The van der Waals surface area contributed by atoms with Crippen molar-refractivity contribution >= 4 is 10.8 Å². The Morgan fingerprint density at radius 2 is 1.76 bits per heavy atom. The molecule has 2 aromatic carbocycles. The first kappa shape index (κ1) is 13.3. The third-order valence-electron chi connectivity index (χ3n) is 4.84. The minimum Gasteiger partial charge on any atom is -0.387 e. The Kier molecular flexibility index (Phi) is 3.44. The van der Waals surface area contributed by atoms with Gasteiger partial charge in [0.05, 0.1) is 6.10 Å². The molecule has 0 aliphatic heterocycles. The molecule has 0 bridgehead atoms. The summed E-state index contributed by atoms with van der Waals surface area (Å²) in [6.45, 7) is 1.97. The first-order chi connectivity index (χ1) is 10.3. The molecule has 1 atom stereocenters. The number of benzene rings is 2. The van der Waals surface area contributed by atoms with Crippen LogP contribution in [0.3, 0.4) is 0 Å². The second kappa shape index (κ2) is 5.43. The molecule has 0 aromatic heterocycles. The summed E-state index contributed by atoms with van der Waals surface area (Å²) in [7, 11) is 0. The molecule has 0 saturated heterocycles. The molecule has 1 N–H and O–H groups in total. The van der Waals surface area contributed by atoms with E-state index in [9.17, 15) is 5.11 Å². The van der Waals surface area contributed by atoms with Crippen molar-refractivity contribution in [2.24, 2.45) is 5.92 Å². The van der Waals surface area contributed by atoms with Crippen LogP contribution in [0.15, 0.2) is 42.5 Å². The Morgan fingerprint density at radius 1 is 1.00 bits per heavy atom. The van der Waals surface area contributed by atoms with Gasteiger partial charge in [0.15, 0.2) is 0 Å². The monoisotopic (exact) mass is 281 g/mol. The number of aliphatic hydroxyl groups excluding tert-OH is 1. The van der Waals surface area contributed by atoms with E-state index in [1.807, 2.05) is 0 Å². The van der Waals surface area contributed by atoms with Gasteiger partial charge in [-0.25, -0.2) is 0 Å². The molecule has 0 spiro atoms. The van der Waals surface area contributed by atoms with Crippen LogP contribution in [0, 0.1) is 5.92 Å². The van der Waals surface area contributed by atoms with Crippen LogP contribution >= 0.6 is 0 Å². The van der Waals surface area contributed by atoms with Gasteiger partial charge in [-0.1, -0.05) is 42.5 Å². The number of nitrogens with zero attached hydrogens (tertiary/aromatic N) is 1. The minimum absolute atomic E-state index is 0.379. The van der Waals surface area contributed by atoms with E-state index in [-0.39, 0.29) is 6.10 Å². The molecular formula is C19H23NO. The van der Waals surface area contributed by atoms with Crippen molar-refractivity contribution < 1.29 is 5.11 Å². The van der Waals surface area contributed by atoms with Gasteiger partial charge in [-0.2, -0.15) is 0 Å². The Morgan fingerprint density at radius 3 is 2.52 bits per heavy atom. The highest BCUT2D eigenvalue weighted by Gasteiger charge is 2.34. The second-order valence-corrected chi connectivity index (χ2v) is 6.71. The summed E-state index contributed by atoms with van der Waals surface area (Å²) >= 11 is 0. The lowest BCUT2D eigenvalue weighted by atomic mass is 10.00. The molecular weight excluding hydrogens is 258 g/mol. The Bertz CT molecular complexity index is 625. The average Bonchev–Trinajstić information content (AvgIpc) is 3.38. The van der Waals surface area contributed by atoms with Crippen LogP contribution in [0.1, 0.15) is 37.4 Å². The van der Waals surface area contributed by atoms with Crippen LogP contribution in [-0.4, -0.2) is 29.1 Å². The molecule has 2 aliphatic rings. The largest absolute Gasteiger partial charge is 0.387 e. The minimum atomic E-state index is -0.379. The molecule has 2 aromatic rings. The molecule has 0 amide bonds. The fourth-order valence-corrected chi connectivity index (χ4v) is 3.31. The number of hydrogen-bond acceptors (Lipinski definition) is 2. The van der Waals surface area contributed by atoms with E-state index in [2.05, 4.69) is 47.4 Å². The fraction of sp³-hybridized carbons (Fsp3) is 0.474. The molecule has 2 nitrogen and oxygen atoms in total. The maximum Gasteiger partial charge on any atom is 0.0923 e. The van der Waals surface area contributed by atoms with Crippen LogP contribution in [-0.2, 0) is 0 Å². The Hall–Kier alpha value is -1.38. The van der Waals surface area contributed by atoms with Crippen molar-refractivity contribution in [3.05, 3.63) is 48.0 Å². The van der Waals surface area contributed by atoms with Crippen molar-refractivity contribution in [3.63, 3.8) is 0 Å². The average molecular weight is 281 g/mol. The number of hydrogen-bond donors (Lipinski definition) is 1. The molecule has 4 rings (SSSR count). The van der Waals surface area contributed by atoms with Gasteiger partial charge in [0.1, 0.15) is 0 Å². The molecule has 1 unspecified atom stereocenters. The van der Waals surface area contributed by atoms with Gasteiger partial charge in [-0.15, -0.1) is 0 Å². The highest BCUT2D eigenvalue weighted by atomic mass is 16.3. The highest BCUT2D eigenvalue weighted by molar-refractivity contribution is 5.85. The van der Waals surface area contributed by atoms with Gasteiger partial charge in [0, 0.05) is 19.1 Å². The first-order valence-corrected chi connectivity index (χ1v) is 8.21. The SMILES string of the molecule is OC(CN(CC1CC1)C1CC1)c1cccc2ccccc12. The summed E-state index contributed by atoms with van der Waals surface area (Å²) in [6, 6.07) is 15.3. The Labute approximate surface area is 126 Å². The topological polar surface area (TPSA) is 23.5 Å². The zero-order valence-electron chi connectivity index (χ0n) is 12.4. The van der Waals surface area contributed by atoms with Crippen molar-refractivity contribution in [2.75, 3.05) is 13.1 Å². The van der Waals surface area contributed by atoms with Crippen LogP contribution in [0.5, 0.6) is 0 Å². The number of fused-ring (bicyclic) bond motifs is 1. The van der Waals surface area contributed by atoms with Crippen molar-refractivity contribution in [1.29, 1.82) is 0 Å². The third kappa shape index (κ3) is 2.97. The standard InChI is InChI=1S/C19H23NO/c21-19(13-20(16-10-11-16)12-14-8-9-14)18-7-3-5-15-4-1-2-6-17(15)18/h1-7,14,16,19,21H,8-13H2. The maximum atomic E-state index is 10.8. The maximum absolute atomic E-state index is 10.8. The molecule has 0 radical (unpaired) electrons. The van der Waals surface area contributed by atoms with Crippen LogP contribution in [0.4, 0.5) is 0 Å². The van der Waals surface area contributed by atoms with E-state index in [0.29, 0.717) is 0 Å². The van der Waals surface area contributed by atoms with E-state index < -0.39 is 0 Å².